The number of rotatable bonds is 5. The van der Waals surface area contributed by atoms with Crippen molar-refractivity contribution in [3.05, 3.63) is 52.6 Å². The monoisotopic (exact) mass is 272 g/mol. The summed E-state index contributed by atoms with van der Waals surface area (Å²) in [6.45, 7) is 4.07. The lowest BCUT2D eigenvalue weighted by atomic mass is 10.1. The summed E-state index contributed by atoms with van der Waals surface area (Å²) in [5.74, 6) is 1.66. The number of ether oxygens (including phenoxy) is 1. The molecule has 0 aliphatic rings. The highest BCUT2D eigenvalue weighted by molar-refractivity contribution is 5.30. The zero-order valence-corrected chi connectivity index (χ0v) is 12.2. The number of nitrogens with zero attached hydrogens (tertiary/aromatic N) is 2. The topological polar surface area (TPSA) is 55.2 Å². The number of hydrogen-bond donors (Lipinski definition) is 1. The third-order valence-corrected chi connectivity index (χ3v) is 3.35. The molecule has 0 spiro atoms. The van der Waals surface area contributed by atoms with Gasteiger partial charge in [0.2, 0.25) is 0 Å². The Morgan fingerprint density at radius 3 is 2.15 bits per heavy atom. The standard InChI is InChI=1S/C16H20N2O2/c1-11-15(8-9-19)12(2)18-16(17-11)10-13-4-6-14(20-3)7-5-13/h4-7,19H,8-10H2,1-3H3. The highest BCUT2D eigenvalue weighted by Crippen LogP contribution is 2.16. The SMILES string of the molecule is COc1ccc(Cc2nc(C)c(CCO)c(C)n2)cc1. The second kappa shape index (κ2) is 6.48. The van der Waals surface area contributed by atoms with Gasteiger partial charge in [0.25, 0.3) is 0 Å². The van der Waals surface area contributed by atoms with Gasteiger partial charge in [0.15, 0.2) is 0 Å². The number of aromatic nitrogens is 2. The molecular weight excluding hydrogens is 252 g/mol. The molecule has 0 aliphatic carbocycles. The minimum atomic E-state index is 0.128. The van der Waals surface area contributed by atoms with Gasteiger partial charge in [-0.05, 0) is 43.5 Å². The van der Waals surface area contributed by atoms with Crippen LogP contribution in [-0.4, -0.2) is 28.8 Å². The lowest BCUT2D eigenvalue weighted by Crippen LogP contribution is -2.07. The van der Waals surface area contributed by atoms with Crippen LogP contribution in [0, 0.1) is 13.8 Å². The zero-order chi connectivity index (χ0) is 14.5. The zero-order valence-electron chi connectivity index (χ0n) is 12.2. The van der Waals surface area contributed by atoms with E-state index in [2.05, 4.69) is 9.97 Å². The highest BCUT2D eigenvalue weighted by atomic mass is 16.5. The van der Waals surface area contributed by atoms with Crippen LogP contribution in [0.2, 0.25) is 0 Å². The van der Waals surface area contributed by atoms with Crippen LogP contribution in [0.5, 0.6) is 5.75 Å². The molecule has 0 radical (unpaired) electrons. The van der Waals surface area contributed by atoms with E-state index < -0.39 is 0 Å². The average molecular weight is 272 g/mol. The Balaban J connectivity index is 2.20. The number of aliphatic hydroxyl groups is 1. The summed E-state index contributed by atoms with van der Waals surface area (Å²) >= 11 is 0. The van der Waals surface area contributed by atoms with Crippen LogP contribution in [-0.2, 0) is 12.8 Å². The predicted octanol–water partition coefficient (Wildman–Crippen LogP) is 2.23. The van der Waals surface area contributed by atoms with Crippen molar-refractivity contribution in [2.24, 2.45) is 0 Å². The largest absolute Gasteiger partial charge is 0.497 e. The summed E-state index contributed by atoms with van der Waals surface area (Å²) in [6, 6.07) is 7.92. The summed E-state index contributed by atoms with van der Waals surface area (Å²) < 4.78 is 5.15. The Bertz CT molecular complexity index is 557. The minimum Gasteiger partial charge on any atom is -0.497 e. The van der Waals surface area contributed by atoms with Crippen molar-refractivity contribution in [1.29, 1.82) is 0 Å². The Labute approximate surface area is 119 Å². The highest BCUT2D eigenvalue weighted by Gasteiger charge is 2.08. The number of benzene rings is 1. The lowest BCUT2D eigenvalue weighted by molar-refractivity contribution is 0.298. The van der Waals surface area contributed by atoms with Crippen molar-refractivity contribution >= 4 is 0 Å². The van der Waals surface area contributed by atoms with Gasteiger partial charge in [-0.3, -0.25) is 0 Å². The number of aliphatic hydroxyl groups excluding tert-OH is 1. The summed E-state index contributed by atoms with van der Waals surface area (Å²) in [4.78, 5) is 9.07. The average Bonchev–Trinajstić information content (AvgIpc) is 2.44. The molecule has 0 saturated carbocycles. The maximum absolute atomic E-state index is 9.06. The molecule has 0 aliphatic heterocycles. The smallest absolute Gasteiger partial charge is 0.133 e. The van der Waals surface area contributed by atoms with Crippen molar-refractivity contribution in [3.8, 4) is 5.75 Å². The first-order valence-electron chi connectivity index (χ1n) is 6.71. The van der Waals surface area contributed by atoms with Gasteiger partial charge in [-0.2, -0.15) is 0 Å². The molecule has 1 N–H and O–H groups in total. The first-order valence-corrected chi connectivity index (χ1v) is 6.71. The third-order valence-electron chi connectivity index (χ3n) is 3.35. The van der Waals surface area contributed by atoms with E-state index in [1.165, 1.54) is 0 Å². The number of hydrogen-bond acceptors (Lipinski definition) is 4. The van der Waals surface area contributed by atoms with Crippen LogP contribution < -0.4 is 4.74 Å². The fourth-order valence-electron chi connectivity index (χ4n) is 2.29. The molecule has 0 atom stereocenters. The van der Waals surface area contributed by atoms with Gasteiger partial charge in [0.1, 0.15) is 11.6 Å². The lowest BCUT2D eigenvalue weighted by Gasteiger charge is -2.10. The molecule has 0 amide bonds. The minimum absolute atomic E-state index is 0.128. The molecule has 1 heterocycles. The quantitative estimate of drug-likeness (QED) is 0.907. The van der Waals surface area contributed by atoms with Crippen molar-refractivity contribution in [2.75, 3.05) is 13.7 Å². The molecule has 1 aromatic heterocycles. The van der Waals surface area contributed by atoms with Crippen LogP contribution in [0.4, 0.5) is 0 Å². The normalized spacial score (nSPS) is 10.6. The molecule has 2 rings (SSSR count). The molecule has 4 nitrogen and oxygen atoms in total. The van der Waals surface area contributed by atoms with E-state index >= 15 is 0 Å². The van der Waals surface area contributed by atoms with Crippen LogP contribution >= 0.6 is 0 Å². The fourth-order valence-corrected chi connectivity index (χ4v) is 2.29. The molecule has 1 aromatic carbocycles. The van der Waals surface area contributed by atoms with E-state index in [4.69, 9.17) is 9.84 Å². The molecule has 0 saturated heterocycles. The Morgan fingerprint density at radius 1 is 1.05 bits per heavy atom. The second-order valence-corrected chi connectivity index (χ2v) is 4.79. The Hall–Kier alpha value is -1.94. The van der Waals surface area contributed by atoms with E-state index in [0.717, 1.165) is 34.1 Å². The Kier molecular flexibility index (Phi) is 4.69. The van der Waals surface area contributed by atoms with Crippen LogP contribution in [0.3, 0.4) is 0 Å². The van der Waals surface area contributed by atoms with E-state index in [9.17, 15) is 0 Å². The molecular formula is C16H20N2O2. The van der Waals surface area contributed by atoms with E-state index in [-0.39, 0.29) is 6.61 Å². The van der Waals surface area contributed by atoms with Gasteiger partial charge in [0.05, 0.1) is 7.11 Å². The van der Waals surface area contributed by atoms with Gasteiger partial charge in [-0.1, -0.05) is 12.1 Å². The first-order chi connectivity index (χ1) is 9.63. The van der Waals surface area contributed by atoms with Gasteiger partial charge in [-0.25, -0.2) is 9.97 Å². The molecule has 0 bridgehead atoms. The molecule has 20 heavy (non-hydrogen) atoms. The molecule has 106 valence electrons. The summed E-state index contributed by atoms with van der Waals surface area (Å²) in [5, 5.41) is 9.06. The van der Waals surface area contributed by atoms with Gasteiger partial charge in [0, 0.05) is 24.4 Å². The Morgan fingerprint density at radius 2 is 1.65 bits per heavy atom. The summed E-state index contributed by atoms with van der Waals surface area (Å²) in [6.07, 6.45) is 1.31. The van der Waals surface area contributed by atoms with Crippen molar-refractivity contribution in [3.63, 3.8) is 0 Å². The van der Waals surface area contributed by atoms with Gasteiger partial charge < -0.3 is 9.84 Å². The third kappa shape index (κ3) is 3.33. The molecule has 0 fully saturated rings. The summed E-state index contributed by atoms with van der Waals surface area (Å²) in [7, 11) is 1.66. The van der Waals surface area contributed by atoms with Crippen molar-refractivity contribution in [2.45, 2.75) is 26.7 Å². The first kappa shape index (κ1) is 14.5. The van der Waals surface area contributed by atoms with Crippen molar-refractivity contribution < 1.29 is 9.84 Å². The van der Waals surface area contributed by atoms with E-state index in [0.29, 0.717) is 12.8 Å². The van der Waals surface area contributed by atoms with E-state index in [1.54, 1.807) is 7.11 Å². The molecule has 2 aromatic rings. The van der Waals surface area contributed by atoms with Crippen molar-refractivity contribution in [1.82, 2.24) is 9.97 Å². The van der Waals surface area contributed by atoms with Crippen LogP contribution in [0.25, 0.3) is 0 Å². The van der Waals surface area contributed by atoms with Crippen LogP contribution in [0.1, 0.15) is 28.3 Å². The molecule has 4 heteroatoms. The maximum Gasteiger partial charge on any atom is 0.133 e. The van der Waals surface area contributed by atoms with E-state index in [1.807, 2.05) is 38.1 Å². The predicted molar refractivity (Wildman–Crippen MR) is 78.1 cm³/mol. The second-order valence-electron chi connectivity index (χ2n) is 4.79. The van der Waals surface area contributed by atoms with Gasteiger partial charge >= 0.3 is 0 Å². The maximum atomic E-state index is 9.06. The number of methoxy groups -OCH3 is 1. The van der Waals surface area contributed by atoms with Crippen LogP contribution in [0.15, 0.2) is 24.3 Å². The number of aryl methyl sites for hydroxylation is 2. The molecule has 0 unspecified atom stereocenters. The van der Waals surface area contributed by atoms with Gasteiger partial charge in [-0.15, -0.1) is 0 Å². The fraction of sp³-hybridized carbons (Fsp3) is 0.375. The summed E-state index contributed by atoms with van der Waals surface area (Å²) in [5.41, 5.74) is 4.11.